The summed E-state index contributed by atoms with van der Waals surface area (Å²) in [5.41, 5.74) is 0.941. The van der Waals surface area contributed by atoms with E-state index in [1.54, 1.807) is 6.07 Å². The Morgan fingerprint density at radius 3 is 2.56 bits per heavy atom. The van der Waals surface area contributed by atoms with E-state index in [1.165, 1.54) is 16.9 Å². The molecule has 0 bridgehead atoms. The van der Waals surface area contributed by atoms with E-state index in [0.29, 0.717) is 5.75 Å². The molecule has 0 amide bonds. The van der Waals surface area contributed by atoms with Gasteiger partial charge in [-0.2, -0.15) is 0 Å². The molecule has 0 radical (unpaired) electrons. The van der Waals surface area contributed by atoms with E-state index >= 15 is 0 Å². The van der Waals surface area contributed by atoms with E-state index in [0.717, 1.165) is 9.91 Å². The number of benzene rings is 1. The number of aryl methyl sites for hydroxylation is 1. The standard InChI is InChI=1S/C7H9AsO/c1-5-2-3-6(8)4-7(5)9/h2-4,9H,8H2,1H3. The maximum atomic E-state index is 9.11. The number of phenols is 1. The second-order valence-electron chi connectivity index (χ2n) is 2.05. The van der Waals surface area contributed by atoms with Gasteiger partial charge in [0.1, 0.15) is 0 Å². The van der Waals surface area contributed by atoms with Gasteiger partial charge in [-0.1, -0.05) is 0 Å². The SMILES string of the molecule is Cc1ccc([AsH2])cc1O. The predicted molar refractivity (Wildman–Crippen MR) is 41.0 cm³/mol. The molecule has 0 saturated carbocycles. The van der Waals surface area contributed by atoms with Crippen molar-refractivity contribution < 1.29 is 5.11 Å². The Morgan fingerprint density at radius 2 is 2.11 bits per heavy atom. The fourth-order valence-corrected chi connectivity index (χ4v) is 1.16. The van der Waals surface area contributed by atoms with E-state index in [1.807, 2.05) is 19.1 Å². The molecule has 48 valence electrons. The molecule has 1 rings (SSSR count). The van der Waals surface area contributed by atoms with Gasteiger partial charge in [-0.25, -0.2) is 0 Å². The van der Waals surface area contributed by atoms with Crippen molar-refractivity contribution in [3.05, 3.63) is 23.8 Å². The first-order valence-corrected chi connectivity index (χ1v) is 3.96. The molecule has 0 fully saturated rings. The number of hydrogen-bond acceptors (Lipinski definition) is 1. The van der Waals surface area contributed by atoms with Crippen LogP contribution in [-0.2, 0) is 0 Å². The molecule has 1 nitrogen and oxygen atoms in total. The Morgan fingerprint density at radius 1 is 1.44 bits per heavy atom. The third-order valence-electron chi connectivity index (χ3n) is 1.23. The van der Waals surface area contributed by atoms with E-state index < -0.39 is 0 Å². The van der Waals surface area contributed by atoms with Gasteiger partial charge < -0.3 is 0 Å². The van der Waals surface area contributed by atoms with Crippen molar-refractivity contribution in [3.8, 4) is 5.75 Å². The molecule has 1 N–H and O–H groups in total. The van der Waals surface area contributed by atoms with E-state index in [9.17, 15) is 0 Å². The zero-order chi connectivity index (χ0) is 6.85. The molecule has 0 aliphatic carbocycles. The monoisotopic (exact) mass is 184 g/mol. The Hall–Kier alpha value is -0.422. The number of hydrogen-bond donors (Lipinski definition) is 1. The molecule has 0 aliphatic heterocycles. The molecule has 0 aromatic heterocycles. The van der Waals surface area contributed by atoms with E-state index in [2.05, 4.69) is 0 Å². The predicted octanol–water partition coefficient (Wildman–Crippen LogP) is -0.0410. The van der Waals surface area contributed by atoms with Crippen molar-refractivity contribution in [2.24, 2.45) is 0 Å². The van der Waals surface area contributed by atoms with Gasteiger partial charge in [0, 0.05) is 0 Å². The average Bonchev–Trinajstić information content (AvgIpc) is 1.80. The van der Waals surface area contributed by atoms with Gasteiger partial charge in [-0.05, 0) is 0 Å². The van der Waals surface area contributed by atoms with Gasteiger partial charge in [-0.15, -0.1) is 0 Å². The molecule has 1 atom stereocenters. The van der Waals surface area contributed by atoms with Crippen molar-refractivity contribution in [3.63, 3.8) is 0 Å². The third-order valence-corrected chi connectivity index (χ3v) is 1.99. The molecule has 0 heterocycles. The number of phenolic OH excluding ortho intramolecular Hbond substituents is 1. The van der Waals surface area contributed by atoms with Gasteiger partial charge in [0.2, 0.25) is 0 Å². The zero-order valence-corrected chi connectivity index (χ0v) is 7.68. The van der Waals surface area contributed by atoms with Crippen LogP contribution in [-0.4, -0.2) is 22.0 Å². The molecule has 1 aromatic carbocycles. The van der Waals surface area contributed by atoms with Crippen LogP contribution < -0.4 is 4.35 Å². The van der Waals surface area contributed by atoms with Crippen LogP contribution in [0.4, 0.5) is 0 Å². The molecular formula is C7H9AsO. The summed E-state index contributed by atoms with van der Waals surface area (Å²) in [5.74, 6) is 0.400. The summed E-state index contributed by atoms with van der Waals surface area (Å²) in [6, 6.07) is 5.72. The molecular weight excluding hydrogens is 175 g/mol. The summed E-state index contributed by atoms with van der Waals surface area (Å²) in [4.78, 5) is 0. The normalized spacial score (nSPS) is 9.56. The summed E-state index contributed by atoms with van der Waals surface area (Å²) in [6.45, 7) is 1.89. The second-order valence-corrected chi connectivity index (χ2v) is 3.44. The average molecular weight is 184 g/mol. The third kappa shape index (κ3) is 1.49. The summed E-state index contributed by atoms with van der Waals surface area (Å²) >= 11 is 1.53. The summed E-state index contributed by atoms with van der Waals surface area (Å²) in [5, 5.41) is 9.11. The molecule has 0 saturated heterocycles. The van der Waals surface area contributed by atoms with Crippen LogP contribution in [0.1, 0.15) is 5.56 Å². The number of aromatic hydroxyl groups is 1. The fourth-order valence-electron chi connectivity index (χ4n) is 0.626. The van der Waals surface area contributed by atoms with Crippen molar-refractivity contribution in [1.82, 2.24) is 0 Å². The van der Waals surface area contributed by atoms with Crippen LogP contribution in [0.3, 0.4) is 0 Å². The topological polar surface area (TPSA) is 20.2 Å². The fraction of sp³-hybridized carbons (Fsp3) is 0.143. The van der Waals surface area contributed by atoms with Crippen LogP contribution in [0.2, 0.25) is 0 Å². The molecule has 2 heteroatoms. The van der Waals surface area contributed by atoms with E-state index in [4.69, 9.17) is 5.11 Å². The Labute approximate surface area is 63.2 Å². The Balaban J connectivity index is 3.17. The van der Waals surface area contributed by atoms with Crippen molar-refractivity contribution in [2.45, 2.75) is 6.92 Å². The Bertz CT molecular complexity index is 220. The van der Waals surface area contributed by atoms with Crippen LogP contribution in [0, 0.1) is 6.92 Å². The Kier molecular flexibility index (Phi) is 1.82. The van der Waals surface area contributed by atoms with Crippen molar-refractivity contribution in [2.75, 3.05) is 0 Å². The molecule has 1 aromatic rings. The summed E-state index contributed by atoms with van der Waals surface area (Å²) < 4.78 is 1.16. The first-order valence-electron chi connectivity index (χ1n) is 2.75. The van der Waals surface area contributed by atoms with Crippen LogP contribution in [0.25, 0.3) is 0 Å². The first-order chi connectivity index (χ1) is 4.20. The zero-order valence-electron chi connectivity index (χ0n) is 5.26. The van der Waals surface area contributed by atoms with Crippen molar-refractivity contribution >= 4 is 21.2 Å². The van der Waals surface area contributed by atoms with Gasteiger partial charge in [-0.3, -0.25) is 0 Å². The van der Waals surface area contributed by atoms with Gasteiger partial charge in [0.05, 0.1) is 0 Å². The van der Waals surface area contributed by atoms with Gasteiger partial charge in [0.15, 0.2) is 0 Å². The van der Waals surface area contributed by atoms with E-state index in [-0.39, 0.29) is 0 Å². The molecule has 9 heavy (non-hydrogen) atoms. The van der Waals surface area contributed by atoms with Crippen LogP contribution >= 0.6 is 0 Å². The second kappa shape index (κ2) is 2.45. The van der Waals surface area contributed by atoms with Crippen LogP contribution in [0.5, 0.6) is 5.75 Å². The molecule has 0 aliphatic rings. The summed E-state index contributed by atoms with van der Waals surface area (Å²) in [6.07, 6.45) is 0. The quantitative estimate of drug-likeness (QED) is 0.561. The van der Waals surface area contributed by atoms with Gasteiger partial charge >= 0.3 is 62.7 Å². The van der Waals surface area contributed by atoms with Gasteiger partial charge in [0.25, 0.3) is 0 Å². The molecule has 1 unspecified atom stereocenters. The minimum atomic E-state index is 0.400. The minimum absolute atomic E-state index is 0.400. The molecule has 0 spiro atoms. The van der Waals surface area contributed by atoms with Crippen molar-refractivity contribution in [1.29, 1.82) is 0 Å². The maximum absolute atomic E-state index is 9.11. The summed E-state index contributed by atoms with van der Waals surface area (Å²) in [7, 11) is 0. The number of rotatable bonds is 0. The van der Waals surface area contributed by atoms with Crippen LogP contribution in [0.15, 0.2) is 18.2 Å². The first kappa shape index (κ1) is 6.70.